The molecule has 0 amide bonds. The zero-order valence-corrected chi connectivity index (χ0v) is 14.9. The van der Waals surface area contributed by atoms with Gasteiger partial charge in [0.1, 0.15) is 12.4 Å². The normalized spacial score (nSPS) is 11.2. The Labute approximate surface area is 147 Å². The number of ether oxygens (including phenoxy) is 1. The maximum absolute atomic E-state index is 13.1. The van der Waals surface area contributed by atoms with Crippen molar-refractivity contribution in [1.29, 1.82) is 0 Å². The molecule has 0 aromatic heterocycles. The number of benzene rings is 2. The van der Waals surface area contributed by atoms with Crippen LogP contribution in [-0.2, 0) is 26.0 Å². The van der Waals surface area contributed by atoms with Crippen molar-refractivity contribution in [2.45, 2.75) is 25.2 Å². The zero-order valence-electron chi connectivity index (χ0n) is 14.1. The van der Waals surface area contributed by atoms with Gasteiger partial charge in [0.05, 0.1) is 17.2 Å². The molecule has 0 spiro atoms. The lowest BCUT2D eigenvalue weighted by atomic mass is 10.1. The number of carbonyl (C=O) groups excluding carboxylic acids is 1. The number of aryl methyl sites for hydroxylation is 1. The summed E-state index contributed by atoms with van der Waals surface area (Å²) in [4.78, 5) is 11.9. The van der Waals surface area contributed by atoms with Crippen LogP contribution in [0.5, 0.6) is 0 Å². The number of rotatable bonds is 7. The number of halogens is 1. The highest BCUT2D eigenvalue weighted by molar-refractivity contribution is 7.92. The molecule has 2 aromatic carbocycles. The van der Waals surface area contributed by atoms with Crippen molar-refractivity contribution in [2.75, 3.05) is 17.5 Å². The van der Waals surface area contributed by atoms with E-state index in [0.29, 0.717) is 12.1 Å². The molecule has 0 saturated heterocycles. The number of hydrogen-bond acceptors (Lipinski definition) is 4. The topological polar surface area (TPSA) is 63.7 Å². The fraction of sp³-hybridized carbons (Fsp3) is 0.278. The highest BCUT2D eigenvalue weighted by Gasteiger charge is 2.29. The minimum atomic E-state index is -4.05. The van der Waals surface area contributed by atoms with Gasteiger partial charge in [0.2, 0.25) is 0 Å². The Morgan fingerprint density at radius 3 is 2.32 bits per heavy atom. The number of carbonyl (C=O) groups is 1. The molecule has 2 aromatic rings. The molecule has 0 heterocycles. The fourth-order valence-corrected chi connectivity index (χ4v) is 3.86. The smallest absolute Gasteiger partial charge is 0.326 e. The predicted molar refractivity (Wildman–Crippen MR) is 93.4 cm³/mol. The fourth-order valence-electron chi connectivity index (χ4n) is 2.41. The lowest BCUT2D eigenvalue weighted by molar-refractivity contribution is -0.141. The summed E-state index contributed by atoms with van der Waals surface area (Å²) in [6.07, 6.45) is 0.592. The highest BCUT2D eigenvalue weighted by atomic mass is 32.2. The summed E-state index contributed by atoms with van der Waals surface area (Å²) in [7, 11) is -4.05. The van der Waals surface area contributed by atoms with Crippen LogP contribution in [0.4, 0.5) is 10.1 Å². The van der Waals surface area contributed by atoms with Gasteiger partial charge in [-0.1, -0.05) is 25.1 Å². The van der Waals surface area contributed by atoms with Gasteiger partial charge in [0.25, 0.3) is 10.0 Å². The van der Waals surface area contributed by atoms with Crippen molar-refractivity contribution in [1.82, 2.24) is 0 Å². The van der Waals surface area contributed by atoms with E-state index in [0.717, 1.165) is 22.0 Å². The van der Waals surface area contributed by atoms with Gasteiger partial charge in [0, 0.05) is 0 Å². The third kappa shape index (κ3) is 4.36. The Hall–Kier alpha value is -2.41. The molecular weight excluding hydrogens is 345 g/mol. The van der Waals surface area contributed by atoms with E-state index in [1.807, 2.05) is 6.92 Å². The molecule has 25 heavy (non-hydrogen) atoms. The maximum Gasteiger partial charge on any atom is 0.326 e. The molecule has 0 radical (unpaired) electrons. The quantitative estimate of drug-likeness (QED) is 0.707. The highest BCUT2D eigenvalue weighted by Crippen LogP contribution is 2.27. The van der Waals surface area contributed by atoms with Gasteiger partial charge in [-0.2, -0.15) is 0 Å². The zero-order chi connectivity index (χ0) is 18.4. The number of para-hydroxylation sites is 1. The van der Waals surface area contributed by atoms with Gasteiger partial charge < -0.3 is 4.74 Å². The molecule has 0 atom stereocenters. The molecule has 7 heteroatoms. The Morgan fingerprint density at radius 1 is 1.08 bits per heavy atom. The Balaban J connectivity index is 2.54. The molecule has 134 valence electrons. The van der Waals surface area contributed by atoms with Crippen LogP contribution in [0.1, 0.15) is 19.4 Å². The Bertz CT molecular complexity index is 834. The number of anilines is 1. The van der Waals surface area contributed by atoms with Gasteiger partial charge in [-0.25, -0.2) is 12.8 Å². The number of hydrogen-bond donors (Lipinski definition) is 0. The molecule has 0 aliphatic carbocycles. The Kier molecular flexibility index (Phi) is 6.14. The summed E-state index contributed by atoms with van der Waals surface area (Å²) in [6, 6.07) is 11.4. The average Bonchev–Trinajstić information content (AvgIpc) is 2.60. The average molecular weight is 365 g/mol. The molecule has 5 nitrogen and oxygen atoms in total. The number of sulfonamides is 1. The lowest BCUT2D eigenvalue weighted by Gasteiger charge is -2.25. The molecule has 0 saturated carbocycles. The molecule has 0 bridgehead atoms. The second kappa shape index (κ2) is 8.11. The van der Waals surface area contributed by atoms with Crippen molar-refractivity contribution in [3.8, 4) is 0 Å². The van der Waals surface area contributed by atoms with Crippen LogP contribution < -0.4 is 4.31 Å². The third-order valence-electron chi connectivity index (χ3n) is 3.62. The van der Waals surface area contributed by atoms with E-state index in [9.17, 15) is 17.6 Å². The molecular formula is C18H20FNO4S. The molecule has 0 fully saturated rings. The van der Waals surface area contributed by atoms with Crippen LogP contribution in [0.25, 0.3) is 0 Å². The lowest BCUT2D eigenvalue weighted by Crippen LogP contribution is -2.37. The summed E-state index contributed by atoms with van der Waals surface area (Å²) in [5.41, 5.74) is 1.18. The predicted octanol–water partition coefficient (Wildman–Crippen LogP) is 3.15. The van der Waals surface area contributed by atoms with E-state index >= 15 is 0 Å². The summed E-state index contributed by atoms with van der Waals surface area (Å²) >= 11 is 0. The van der Waals surface area contributed by atoms with Crippen LogP contribution in [0.3, 0.4) is 0 Å². The SMILES string of the molecule is CCOC(=O)CN(c1ccccc1CC)S(=O)(=O)c1ccc(F)cc1. The molecule has 0 aliphatic rings. The standard InChI is InChI=1S/C18H20FNO4S/c1-3-14-7-5-6-8-17(14)20(13-18(21)24-4-2)25(22,23)16-11-9-15(19)10-12-16/h5-12H,3-4,13H2,1-2H3. The van der Waals surface area contributed by atoms with E-state index in [4.69, 9.17) is 4.74 Å². The Morgan fingerprint density at radius 2 is 1.72 bits per heavy atom. The summed E-state index contributed by atoms with van der Waals surface area (Å²) < 4.78 is 45.2. The van der Waals surface area contributed by atoms with Gasteiger partial charge in [0.15, 0.2) is 0 Å². The van der Waals surface area contributed by atoms with Crippen LogP contribution in [0.15, 0.2) is 53.4 Å². The molecule has 2 rings (SSSR count). The van der Waals surface area contributed by atoms with E-state index in [1.165, 1.54) is 12.1 Å². The van der Waals surface area contributed by atoms with Gasteiger partial charge in [-0.05, 0) is 49.2 Å². The number of esters is 1. The molecule has 0 N–H and O–H groups in total. The summed E-state index contributed by atoms with van der Waals surface area (Å²) in [5.74, 6) is -1.19. The van der Waals surface area contributed by atoms with Gasteiger partial charge >= 0.3 is 5.97 Å². The number of nitrogens with zero attached hydrogens (tertiary/aromatic N) is 1. The minimum Gasteiger partial charge on any atom is -0.465 e. The van der Waals surface area contributed by atoms with Crippen LogP contribution in [-0.4, -0.2) is 27.5 Å². The van der Waals surface area contributed by atoms with E-state index in [1.54, 1.807) is 31.2 Å². The van der Waals surface area contributed by atoms with Crippen LogP contribution in [0.2, 0.25) is 0 Å². The van der Waals surface area contributed by atoms with Crippen molar-refractivity contribution in [3.63, 3.8) is 0 Å². The summed E-state index contributed by atoms with van der Waals surface area (Å²) in [5, 5.41) is 0. The first-order chi connectivity index (χ1) is 11.9. The first-order valence-electron chi connectivity index (χ1n) is 7.92. The van der Waals surface area contributed by atoms with E-state index < -0.39 is 28.4 Å². The second-order valence-electron chi connectivity index (χ2n) is 5.25. The maximum atomic E-state index is 13.1. The van der Waals surface area contributed by atoms with Crippen molar-refractivity contribution in [2.24, 2.45) is 0 Å². The second-order valence-corrected chi connectivity index (χ2v) is 7.12. The minimum absolute atomic E-state index is 0.0934. The van der Waals surface area contributed by atoms with Crippen LogP contribution in [0, 0.1) is 5.82 Å². The monoisotopic (exact) mass is 365 g/mol. The van der Waals surface area contributed by atoms with Gasteiger partial charge in [-0.3, -0.25) is 9.10 Å². The van der Waals surface area contributed by atoms with Crippen molar-refractivity contribution >= 4 is 21.7 Å². The van der Waals surface area contributed by atoms with Gasteiger partial charge in [-0.15, -0.1) is 0 Å². The van der Waals surface area contributed by atoms with E-state index in [-0.39, 0.29) is 11.5 Å². The van der Waals surface area contributed by atoms with Crippen LogP contribution >= 0.6 is 0 Å². The van der Waals surface area contributed by atoms with Crippen molar-refractivity contribution in [3.05, 3.63) is 59.9 Å². The first kappa shape index (κ1) is 18.9. The van der Waals surface area contributed by atoms with E-state index in [2.05, 4.69) is 0 Å². The molecule has 0 aliphatic heterocycles. The van der Waals surface area contributed by atoms with Crippen molar-refractivity contribution < 1.29 is 22.3 Å². The first-order valence-corrected chi connectivity index (χ1v) is 9.36. The third-order valence-corrected chi connectivity index (χ3v) is 5.39. The molecule has 0 unspecified atom stereocenters. The summed E-state index contributed by atoms with van der Waals surface area (Å²) in [6.45, 7) is 3.24. The largest absolute Gasteiger partial charge is 0.465 e.